The van der Waals surface area contributed by atoms with Crippen LogP contribution in [0.25, 0.3) is 0 Å². The number of carbonyl (C=O) groups is 2. The van der Waals surface area contributed by atoms with Crippen LogP contribution in [0.5, 0.6) is 0 Å². The number of amides is 2. The maximum absolute atomic E-state index is 13.6. The van der Waals surface area contributed by atoms with E-state index in [1.807, 2.05) is 6.07 Å². The van der Waals surface area contributed by atoms with Gasteiger partial charge >= 0.3 is 0 Å². The number of hydrogen-bond acceptors (Lipinski definition) is 7. The summed E-state index contributed by atoms with van der Waals surface area (Å²) in [4.78, 5) is 29.6. The zero-order chi connectivity index (χ0) is 29.4. The second-order valence-corrected chi connectivity index (χ2v) is 16.7. The lowest BCUT2D eigenvalue weighted by atomic mass is 9.91. The van der Waals surface area contributed by atoms with E-state index in [1.165, 1.54) is 53.7 Å². The number of likely N-dealkylation sites (tertiary alicyclic amines) is 1. The molecule has 2 saturated carbocycles. The fourth-order valence-electron chi connectivity index (χ4n) is 6.80. The smallest absolute Gasteiger partial charge is 0.243 e. The highest BCUT2D eigenvalue weighted by Crippen LogP contribution is 2.33. The Morgan fingerprint density at radius 3 is 2.33 bits per heavy atom. The van der Waals surface area contributed by atoms with Crippen molar-refractivity contribution in [2.75, 3.05) is 36.2 Å². The van der Waals surface area contributed by atoms with Gasteiger partial charge < -0.3 is 10.6 Å². The van der Waals surface area contributed by atoms with E-state index in [2.05, 4.69) is 39.8 Å². The van der Waals surface area contributed by atoms with Crippen LogP contribution in [0.3, 0.4) is 0 Å². The average Bonchev–Trinajstić information content (AvgIpc) is 3.73. The summed E-state index contributed by atoms with van der Waals surface area (Å²) in [7, 11) is -3.53. The maximum Gasteiger partial charge on any atom is 0.243 e. The molecule has 12 heteroatoms. The minimum absolute atomic E-state index is 0. The number of halogens is 1. The number of benzene rings is 1. The highest BCUT2D eigenvalue weighted by Gasteiger charge is 2.44. The molecule has 2 aliphatic carbocycles. The predicted molar refractivity (Wildman–Crippen MR) is 180 cm³/mol. The van der Waals surface area contributed by atoms with E-state index in [0.29, 0.717) is 36.1 Å². The Morgan fingerprint density at radius 2 is 1.63 bits per heavy atom. The second-order valence-electron chi connectivity index (χ2n) is 12.5. The molecule has 2 N–H and O–H groups in total. The van der Waals surface area contributed by atoms with E-state index in [0.717, 1.165) is 51.1 Å². The number of hydrogen-bond donors (Lipinski definition) is 2. The molecule has 2 heterocycles. The van der Waals surface area contributed by atoms with Gasteiger partial charge in [0, 0.05) is 37.2 Å². The van der Waals surface area contributed by atoms with Crippen LogP contribution in [0.4, 0.5) is 0 Å². The van der Waals surface area contributed by atoms with E-state index < -0.39 is 22.1 Å². The summed E-state index contributed by atoms with van der Waals surface area (Å²) in [6.45, 7) is 2.75. The molecule has 2 amide bonds. The Hall–Kier alpha value is -0.980. The highest BCUT2D eigenvalue weighted by atomic mass is 35.5. The summed E-state index contributed by atoms with van der Waals surface area (Å²) >= 11 is 3.23. The topological polar surface area (TPSA) is 98.8 Å². The molecule has 2 aliphatic heterocycles. The van der Waals surface area contributed by atoms with Gasteiger partial charge in [-0.05, 0) is 55.8 Å². The van der Waals surface area contributed by atoms with Gasteiger partial charge in [-0.15, -0.1) is 24.2 Å². The minimum atomic E-state index is -3.53. The molecule has 2 saturated heterocycles. The third kappa shape index (κ3) is 9.75. The van der Waals surface area contributed by atoms with Crippen molar-refractivity contribution in [2.45, 2.75) is 101 Å². The van der Waals surface area contributed by atoms with Gasteiger partial charge in [-0.2, -0.15) is 16.1 Å². The van der Waals surface area contributed by atoms with Gasteiger partial charge in [0.2, 0.25) is 21.8 Å². The fraction of sp³-hybridized carbons (Fsp3) is 0.742. The molecule has 0 radical (unpaired) electrons. The number of nitrogens with zero attached hydrogens (tertiary/aromatic N) is 2. The summed E-state index contributed by atoms with van der Waals surface area (Å²) < 4.78 is 28.1. The molecule has 242 valence electrons. The molecule has 1 aromatic carbocycles. The first-order chi connectivity index (χ1) is 20.4. The summed E-state index contributed by atoms with van der Waals surface area (Å²) in [5.41, 5.74) is 1.30. The van der Waals surface area contributed by atoms with Crippen molar-refractivity contribution in [1.82, 2.24) is 19.8 Å². The van der Waals surface area contributed by atoms with Crippen LogP contribution >= 0.6 is 35.9 Å². The van der Waals surface area contributed by atoms with Gasteiger partial charge in [-0.1, -0.05) is 62.4 Å². The molecule has 2 atom stereocenters. The first kappa shape index (κ1) is 34.9. The molecule has 43 heavy (non-hydrogen) atoms. The molecule has 0 bridgehead atoms. The highest BCUT2D eigenvalue weighted by molar-refractivity contribution is 8.00. The van der Waals surface area contributed by atoms with Crippen LogP contribution in [-0.4, -0.2) is 89.0 Å². The molecular weight excluding hydrogens is 624 g/mol. The van der Waals surface area contributed by atoms with E-state index in [4.69, 9.17) is 0 Å². The number of rotatable bonds is 12. The molecule has 0 aromatic heterocycles. The molecule has 1 aromatic rings. The zero-order valence-corrected chi connectivity index (χ0v) is 28.4. The number of sulfonamides is 1. The average molecular weight is 673 g/mol. The quantitative estimate of drug-likeness (QED) is 0.334. The van der Waals surface area contributed by atoms with Crippen molar-refractivity contribution in [1.29, 1.82) is 0 Å². The van der Waals surface area contributed by atoms with Crippen LogP contribution in [0.2, 0.25) is 0 Å². The SMILES string of the molecule is Cl.O=C(NC1CCN(Cc2ccccc2)CC1)C(CSCC1CCCCC1)NC(=O)C1CSCN1S(=O)(=O)C1CCCC1. The molecule has 0 spiro atoms. The van der Waals surface area contributed by atoms with E-state index >= 15 is 0 Å². The van der Waals surface area contributed by atoms with Crippen molar-refractivity contribution >= 4 is 57.8 Å². The van der Waals surface area contributed by atoms with Gasteiger partial charge in [0.15, 0.2) is 0 Å². The Kier molecular flexibility index (Phi) is 13.9. The molecule has 8 nitrogen and oxygen atoms in total. The lowest BCUT2D eigenvalue weighted by molar-refractivity contribution is -0.130. The van der Waals surface area contributed by atoms with Crippen molar-refractivity contribution in [3.05, 3.63) is 35.9 Å². The van der Waals surface area contributed by atoms with Gasteiger partial charge in [0.25, 0.3) is 0 Å². The summed E-state index contributed by atoms with van der Waals surface area (Å²) in [5.74, 6) is 2.45. The first-order valence-electron chi connectivity index (χ1n) is 15.9. The van der Waals surface area contributed by atoms with Crippen LogP contribution < -0.4 is 10.6 Å². The lowest BCUT2D eigenvalue weighted by Crippen LogP contribution is -2.57. The number of nitrogens with one attached hydrogen (secondary N) is 2. The molecule has 4 aliphatic rings. The lowest BCUT2D eigenvalue weighted by Gasteiger charge is -2.33. The third-order valence-electron chi connectivity index (χ3n) is 9.37. The van der Waals surface area contributed by atoms with Crippen molar-refractivity contribution in [2.24, 2.45) is 5.92 Å². The van der Waals surface area contributed by atoms with Gasteiger partial charge in [-0.3, -0.25) is 14.5 Å². The van der Waals surface area contributed by atoms with E-state index in [9.17, 15) is 18.0 Å². The van der Waals surface area contributed by atoms with Gasteiger partial charge in [0.05, 0.1) is 11.1 Å². The monoisotopic (exact) mass is 672 g/mol. The fourth-order valence-corrected chi connectivity index (χ4v) is 11.8. The molecule has 5 rings (SSSR count). The first-order valence-corrected chi connectivity index (χ1v) is 19.7. The normalized spacial score (nSPS) is 24.0. The number of piperidine rings is 1. The van der Waals surface area contributed by atoms with Crippen LogP contribution in [0.1, 0.15) is 76.2 Å². The summed E-state index contributed by atoms with van der Waals surface area (Å²) in [6.07, 6.45) is 11.3. The second kappa shape index (κ2) is 17.1. The Bertz CT molecular complexity index is 1130. The molecular formula is C31H49ClN4O4S3. The number of thioether (sulfide) groups is 2. The van der Waals surface area contributed by atoms with Crippen molar-refractivity contribution in [3.8, 4) is 0 Å². The van der Waals surface area contributed by atoms with Gasteiger partial charge in [-0.25, -0.2) is 8.42 Å². The van der Waals surface area contributed by atoms with Gasteiger partial charge in [0.1, 0.15) is 12.1 Å². The van der Waals surface area contributed by atoms with Crippen LogP contribution in [0.15, 0.2) is 30.3 Å². The summed E-state index contributed by atoms with van der Waals surface area (Å²) in [5, 5.41) is 5.88. The minimum Gasteiger partial charge on any atom is -0.351 e. The van der Waals surface area contributed by atoms with Crippen molar-refractivity contribution in [3.63, 3.8) is 0 Å². The third-order valence-corrected chi connectivity index (χ3v) is 14.2. The predicted octanol–water partition coefficient (Wildman–Crippen LogP) is 4.63. The Balaban J connectivity index is 0.00000423. The maximum atomic E-state index is 13.6. The molecule has 4 fully saturated rings. The van der Waals surface area contributed by atoms with E-state index in [-0.39, 0.29) is 35.5 Å². The Morgan fingerprint density at radius 1 is 0.953 bits per heavy atom. The van der Waals surface area contributed by atoms with E-state index in [1.54, 1.807) is 11.8 Å². The zero-order valence-electron chi connectivity index (χ0n) is 25.2. The summed E-state index contributed by atoms with van der Waals surface area (Å²) in [6, 6.07) is 9.12. The van der Waals surface area contributed by atoms with Crippen molar-refractivity contribution < 1.29 is 18.0 Å². The Labute approximate surface area is 273 Å². The number of carbonyl (C=O) groups excluding carboxylic acids is 2. The molecule has 2 unspecified atom stereocenters. The standard InChI is InChI=1S/C31H48N4O4S3.ClH/c36-30(32-26-15-17-34(18-16-26)19-24-9-3-1-4-10-24)28(21-40-20-25-11-5-2-6-12-25)33-31(37)29-22-41-23-35(29)42(38,39)27-13-7-8-14-27;/h1,3-4,9-10,25-29H,2,5-8,11-23H2,(H,32,36)(H,33,37);1H. The van der Waals surface area contributed by atoms with Crippen LogP contribution in [-0.2, 0) is 26.2 Å². The largest absolute Gasteiger partial charge is 0.351 e. The van der Waals surface area contributed by atoms with Crippen LogP contribution in [0, 0.1) is 5.92 Å².